The van der Waals surface area contributed by atoms with E-state index in [4.69, 9.17) is 0 Å². The fourth-order valence-corrected chi connectivity index (χ4v) is 2.28. The molecule has 2 N–H and O–H groups in total. The third kappa shape index (κ3) is 3.83. The van der Waals surface area contributed by atoms with Gasteiger partial charge in [0.05, 0.1) is 0 Å². The van der Waals surface area contributed by atoms with E-state index < -0.39 is 0 Å². The molecule has 0 saturated carbocycles. The minimum Gasteiger partial charge on any atom is -0.324 e. The van der Waals surface area contributed by atoms with E-state index in [-0.39, 0.29) is 0 Å². The zero-order valence-corrected chi connectivity index (χ0v) is 13.5. The molecule has 5 nitrogen and oxygen atoms in total. The topological polar surface area (TPSA) is 62.7 Å². The number of hydrogen-bond acceptors (Lipinski definition) is 5. The Morgan fingerprint density at radius 3 is 2.22 bits per heavy atom. The molecule has 23 heavy (non-hydrogen) atoms. The first-order valence-electron chi connectivity index (χ1n) is 7.49. The third-order valence-corrected chi connectivity index (χ3v) is 3.41. The molecule has 0 fully saturated rings. The monoisotopic (exact) mass is 305 g/mol. The van der Waals surface area contributed by atoms with Gasteiger partial charge >= 0.3 is 0 Å². The van der Waals surface area contributed by atoms with E-state index in [1.807, 2.05) is 56.3 Å². The van der Waals surface area contributed by atoms with E-state index in [2.05, 4.69) is 38.6 Å². The molecule has 2 aromatic carbocycles. The fraction of sp³-hybridized carbons (Fsp3) is 0.167. The molecule has 0 aliphatic rings. The molecule has 0 atom stereocenters. The molecule has 0 radical (unpaired) electrons. The number of para-hydroxylation sites is 1. The standard InChI is InChI=1S/C18H19N5/c1-12-7-6-9-15(11-12)21-17-19-14(3)20-18(23-17)22-16-10-5-4-8-13(16)2/h4-11H,1-3H3,(H2,19,20,21,22,23). The highest BCUT2D eigenvalue weighted by Crippen LogP contribution is 2.19. The largest absolute Gasteiger partial charge is 0.324 e. The van der Waals surface area contributed by atoms with E-state index in [0.29, 0.717) is 17.7 Å². The minimum absolute atomic E-state index is 0.527. The maximum atomic E-state index is 4.45. The molecule has 0 spiro atoms. The van der Waals surface area contributed by atoms with Crippen LogP contribution in [0, 0.1) is 20.8 Å². The number of nitrogens with one attached hydrogen (secondary N) is 2. The Hall–Kier alpha value is -2.95. The van der Waals surface area contributed by atoms with E-state index in [1.54, 1.807) is 0 Å². The molecular weight excluding hydrogens is 286 g/mol. The van der Waals surface area contributed by atoms with Crippen LogP contribution in [0.2, 0.25) is 0 Å². The lowest BCUT2D eigenvalue weighted by Gasteiger charge is -2.10. The van der Waals surface area contributed by atoms with Crippen LogP contribution in [0.3, 0.4) is 0 Å². The molecule has 0 bridgehead atoms. The first-order valence-corrected chi connectivity index (χ1v) is 7.49. The summed E-state index contributed by atoms with van der Waals surface area (Å²) in [5.74, 6) is 1.72. The quantitative estimate of drug-likeness (QED) is 0.753. The van der Waals surface area contributed by atoms with Gasteiger partial charge in [-0.25, -0.2) is 0 Å². The summed E-state index contributed by atoms with van der Waals surface area (Å²) in [5.41, 5.74) is 4.26. The summed E-state index contributed by atoms with van der Waals surface area (Å²) in [4.78, 5) is 13.2. The van der Waals surface area contributed by atoms with Crippen molar-refractivity contribution in [1.29, 1.82) is 0 Å². The molecule has 0 aliphatic carbocycles. The van der Waals surface area contributed by atoms with Crippen LogP contribution in [0.1, 0.15) is 17.0 Å². The van der Waals surface area contributed by atoms with Crippen LogP contribution in [0.15, 0.2) is 48.5 Å². The number of hydrogen-bond donors (Lipinski definition) is 2. The minimum atomic E-state index is 0.527. The molecule has 1 aromatic heterocycles. The van der Waals surface area contributed by atoms with Crippen LogP contribution in [-0.2, 0) is 0 Å². The number of aromatic nitrogens is 3. The number of rotatable bonds is 4. The third-order valence-electron chi connectivity index (χ3n) is 3.41. The van der Waals surface area contributed by atoms with Gasteiger partial charge in [0.25, 0.3) is 0 Å². The second-order valence-electron chi connectivity index (χ2n) is 5.46. The number of nitrogens with zero attached hydrogens (tertiary/aromatic N) is 3. The lowest BCUT2D eigenvalue weighted by molar-refractivity contribution is 0.988. The van der Waals surface area contributed by atoms with Crippen LogP contribution < -0.4 is 10.6 Å². The van der Waals surface area contributed by atoms with Crippen molar-refractivity contribution in [3.05, 3.63) is 65.5 Å². The maximum absolute atomic E-state index is 4.45. The second kappa shape index (κ2) is 6.44. The molecule has 3 rings (SSSR count). The average Bonchev–Trinajstić information content (AvgIpc) is 2.49. The van der Waals surface area contributed by atoms with E-state index in [9.17, 15) is 0 Å². The molecule has 0 unspecified atom stereocenters. The fourth-order valence-electron chi connectivity index (χ4n) is 2.28. The van der Waals surface area contributed by atoms with Crippen LogP contribution in [0.5, 0.6) is 0 Å². The van der Waals surface area contributed by atoms with Crippen LogP contribution in [0.4, 0.5) is 23.3 Å². The maximum Gasteiger partial charge on any atom is 0.232 e. The number of aryl methyl sites for hydroxylation is 3. The second-order valence-corrected chi connectivity index (χ2v) is 5.46. The van der Waals surface area contributed by atoms with E-state index in [0.717, 1.165) is 16.9 Å². The van der Waals surface area contributed by atoms with Crippen molar-refractivity contribution in [1.82, 2.24) is 15.0 Å². The number of anilines is 4. The summed E-state index contributed by atoms with van der Waals surface area (Å²) in [6.07, 6.45) is 0. The Morgan fingerprint density at radius 2 is 1.48 bits per heavy atom. The predicted octanol–water partition coefficient (Wildman–Crippen LogP) is 4.28. The first kappa shape index (κ1) is 15.0. The average molecular weight is 305 g/mol. The Labute approximate surface area is 135 Å². The summed E-state index contributed by atoms with van der Waals surface area (Å²) in [5, 5.41) is 6.47. The summed E-state index contributed by atoms with van der Waals surface area (Å²) < 4.78 is 0. The Morgan fingerprint density at radius 1 is 0.739 bits per heavy atom. The lowest BCUT2D eigenvalue weighted by atomic mass is 10.2. The molecule has 0 saturated heterocycles. The van der Waals surface area contributed by atoms with Crippen molar-refractivity contribution in [2.75, 3.05) is 10.6 Å². The lowest BCUT2D eigenvalue weighted by Crippen LogP contribution is -2.06. The van der Waals surface area contributed by atoms with Gasteiger partial charge in [-0.1, -0.05) is 30.3 Å². The van der Waals surface area contributed by atoms with Gasteiger partial charge in [-0.3, -0.25) is 0 Å². The van der Waals surface area contributed by atoms with E-state index >= 15 is 0 Å². The van der Waals surface area contributed by atoms with Crippen molar-refractivity contribution in [2.24, 2.45) is 0 Å². The Bertz CT molecular complexity index is 829. The summed E-state index contributed by atoms with van der Waals surface area (Å²) in [6, 6.07) is 16.1. The van der Waals surface area contributed by atoms with Gasteiger partial charge in [-0.15, -0.1) is 0 Å². The van der Waals surface area contributed by atoms with Gasteiger partial charge < -0.3 is 10.6 Å². The van der Waals surface area contributed by atoms with Crippen molar-refractivity contribution >= 4 is 23.3 Å². The molecule has 0 amide bonds. The molecular formula is C18H19N5. The summed E-state index contributed by atoms with van der Waals surface area (Å²) in [7, 11) is 0. The van der Waals surface area contributed by atoms with Crippen LogP contribution in [-0.4, -0.2) is 15.0 Å². The molecule has 1 heterocycles. The van der Waals surface area contributed by atoms with Crippen LogP contribution in [0.25, 0.3) is 0 Å². The van der Waals surface area contributed by atoms with Crippen molar-refractivity contribution in [2.45, 2.75) is 20.8 Å². The molecule has 5 heteroatoms. The first-order chi connectivity index (χ1) is 11.1. The predicted molar refractivity (Wildman–Crippen MR) is 93.5 cm³/mol. The van der Waals surface area contributed by atoms with Gasteiger partial charge in [0.1, 0.15) is 5.82 Å². The molecule has 116 valence electrons. The zero-order chi connectivity index (χ0) is 16.2. The Balaban J connectivity index is 1.86. The zero-order valence-electron chi connectivity index (χ0n) is 13.5. The van der Waals surface area contributed by atoms with E-state index in [1.165, 1.54) is 5.56 Å². The summed E-state index contributed by atoms with van der Waals surface area (Å²) >= 11 is 0. The highest BCUT2D eigenvalue weighted by molar-refractivity contribution is 5.60. The van der Waals surface area contributed by atoms with Crippen molar-refractivity contribution in [3.63, 3.8) is 0 Å². The van der Waals surface area contributed by atoms with Gasteiger partial charge in [-0.2, -0.15) is 15.0 Å². The smallest absolute Gasteiger partial charge is 0.232 e. The van der Waals surface area contributed by atoms with Crippen molar-refractivity contribution < 1.29 is 0 Å². The molecule has 0 aliphatic heterocycles. The molecule has 3 aromatic rings. The highest BCUT2D eigenvalue weighted by Gasteiger charge is 2.06. The van der Waals surface area contributed by atoms with Gasteiger partial charge in [0.2, 0.25) is 11.9 Å². The Kier molecular flexibility index (Phi) is 4.19. The van der Waals surface area contributed by atoms with Gasteiger partial charge in [0, 0.05) is 11.4 Å². The summed E-state index contributed by atoms with van der Waals surface area (Å²) in [6.45, 7) is 5.95. The van der Waals surface area contributed by atoms with Gasteiger partial charge in [-0.05, 0) is 50.1 Å². The van der Waals surface area contributed by atoms with Crippen LogP contribution >= 0.6 is 0 Å². The number of benzene rings is 2. The normalized spacial score (nSPS) is 10.4. The van der Waals surface area contributed by atoms with Gasteiger partial charge in [0.15, 0.2) is 0 Å². The van der Waals surface area contributed by atoms with Crippen molar-refractivity contribution in [3.8, 4) is 0 Å². The highest BCUT2D eigenvalue weighted by atomic mass is 15.2. The SMILES string of the molecule is Cc1cccc(Nc2nc(C)nc(Nc3ccccc3C)n2)c1.